The van der Waals surface area contributed by atoms with Gasteiger partial charge in [0.1, 0.15) is 5.82 Å². The zero-order valence-corrected chi connectivity index (χ0v) is 24.0. The Morgan fingerprint density at radius 3 is 2.29 bits per heavy atom. The number of carboxylic acids is 1. The third-order valence-corrected chi connectivity index (χ3v) is 7.61. The highest BCUT2D eigenvalue weighted by atomic mass is 32.1. The molecule has 0 bridgehead atoms. The van der Waals surface area contributed by atoms with Gasteiger partial charge in [0.05, 0.1) is 35.6 Å². The van der Waals surface area contributed by atoms with E-state index < -0.39 is 30.4 Å². The summed E-state index contributed by atoms with van der Waals surface area (Å²) in [5.74, 6) is -1.99. The molecular weight excluding hydrogens is 545 g/mol. The predicted octanol–water partition coefficient (Wildman–Crippen LogP) is 6.08. The zero-order valence-electron chi connectivity index (χ0n) is 23.2. The number of aliphatic hydroxyl groups is 2. The minimum atomic E-state index is -1.18. The second-order valence-corrected chi connectivity index (χ2v) is 11.2. The maximum atomic E-state index is 14.0. The van der Waals surface area contributed by atoms with Crippen molar-refractivity contribution in [3.05, 3.63) is 82.7 Å². The highest BCUT2D eigenvalue weighted by molar-refractivity contribution is 7.14. The van der Waals surface area contributed by atoms with E-state index in [0.717, 1.165) is 17.0 Å². The first kappa shape index (κ1) is 30.1. The van der Waals surface area contributed by atoms with Crippen molar-refractivity contribution in [1.82, 2.24) is 9.55 Å². The number of rotatable bonds is 12. The van der Waals surface area contributed by atoms with E-state index in [1.165, 1.54) is 23.5 Å². The molecule has 4 N–H and O–H groups in total. The lowest BCUT2D eigenvalue weighted by molar-refractivity contribution is -0.139. The molecule has 0 fully saturated rings. The molecule has 2 aromatic heterocycles. The van der Waals surface area contributed by atoms with E-state index in [-0.39, 0.29) is 31.2 Å². The Labute approximate surface area is 242 Å². The lowest BCUT2D eigenvalue weighted by atomic mass is 9.94. The Kier molecular flexibility index (Phi) is 9.69. The Bertz CT molecular complexity index is 1500. The number of thiazole rings is 1. The highest BCUT2D eigenvalue weighted by Gasteiger charge is 2.31. The molecule has 0 saturated heterocycles. The van der Waals surface area contributed by atoms with Crippen LogP contribution in [0.1, 0.15) is 60.8 Å². The SMILES string of the molecule is Cc1csc(NC(=O)c2c(-c3ccccc3)c(-c3ccc(F)cc3)n(CC[C@@H](O)C[C@@H](O)CC(=O)O)c2C(C)C)n1. The van der Waals surface area contributed by atoms with E-state index in [1.807, 2.05) is 61.1 Å². The number of halogens is 1. The molecule has 41 heavy (non-hydrogen) atoms. The molecule has 0 spiro atoms. The molecule has 2 aromatic carbocycles. The predicted molar refractivity (Wildman–Crippen MR) is 158 cm³/mol. The molecule has 4 rings (SSSR count). The van der Waals surface area contributed by atoms with Gasteiger partial charge in [-0.1, -0.05) is 44.2 Å². The van der Waals surface area contributed by atoms with Gasteiger partial charge in [0, 0.05) is 23.2 Å². The summed E-state index contributed by atoms with van der Waals surface area (Å²) in [6, 6.07) is 15.5. The third-order valence-electron chi connectivity index (χ3n) is 6.74. The maximum absolute atomic E-state index is 14.0. The van der Waals surface area contributed by atoms with Crippen molar-refractivity contribution in [2.75, 3.05) is 5.32 Å². The smallest absolute Gasteiger partial charge is 0.305 e. The van der Waals surface area contributed by atoms with Gasteiger partial charge in [-0.15, -0.1) is 11.3 Å². The Morgan fingerprint density at radius 2 is 1.71 bits per heavy atom. The lowest BCUT2D eigenvalue weighted by Gasteiger charge is -2.20. The normalized spacial score (nSPS) is 12.9. The molecule has 0 aliphatic carbocycles. The number of amides is 1. The van der Waals surface area contributed by atoms with Crippen LogP contribution in [0.3, 0.4) is 0 Å². The van der Waals surface area contributed by atoms with Crippen LogP contribution in [-0.4, -0.2) is 49.0 Å². The number of carbonyl (C=O) groups is 2. The summed E-state index contributed by atoms with van der Waals surface area (Å²) in [5, 5.41) is 35.0. The fraction of sp³-hybridized carbons (Fsp3) is 0.323. The van der Waals surface area contributed by atoms with E-state index in [4.69, 9.17) is 5.11 Å². The fourth-order valence-electron chi connectivity index (χ4n) is 5.06. The second-order valence-electron chi connectivity index (χ2n) is 10.3. The van der Waals surface area contributed by atoms with Gasteiger partial charge in [-0.25, -0.2) is 9.37 Å². The van der Waals surface area contributed by atoms with E-state index in [9.17, 15) is 24.2 Å². The molecule has 0 aliphatic rings. The van der Waals surface area contributed by atoms with Crippen LogP contribution < -0.4 is 5.32 Å². The van der Waals surface area contributed by atoms with E-state index in [2.05, 4.69) is 10.3 Å². The monoisotopic (exact) mass is 579 g/mol. The van der Waals surface area contributed by atoms with E-state index in [1.54, 1.807) is 12.1 Å². The number of aliphatic hydroxyl groups excluding tert-OH is 2. The molecule has 0 radical (unpaired) electrons. The molecule has 8 nitrogen and oxygen atoms in total. The van der Waals surface area contributed by atoms with Crippen molar-refractivity contribution in [2.24, 2.45) is 0 Å². The second kappa shape index (κ2) is 13.2. The highest BCUT2D eigenvalue weighted by Crippen LogP contribution is 2.42. The molecule has 4 aromatic rings. The zero-order chi connectivity index (χ0) is 29.7. The number of carboxylic acid groups (broad SMARTS) is 1. The summed E-state index contributed by atoms with van der Waals surface area (Å²) >= 11 is 1.33. The van der Waals surface area contributed by atoms with Gasteiger partial charge in [-0.2, -0.15) is 0 Å². The van der Waals surface area contributed by atoms with Crippen LogP contribution in [0.2, 0.25) is 0 Å². The standard InChI is InChI=1S/C31H34FN3O5S/c1-18(2)28-27(30(40)34-31-33-19(3)17-41-31)26(20-7-5-4-6-8-20)29(21-9-11-22(32)12-10-21)35(28)14-13-23(36)15-24(37)16-25(38)39/h4-12,17-18,23-24,36-37H,13-16H2,1-3H3,(H,38,39)(H,33,34,40)/t23-,24-/m1/s1. The first-order valence-electron chi connectivity index (χ1n) is 13.4. The Balaban J connectivity index is 1.89. The number of aromatic nitrogens is 2. The average molecular weight is 580 g/mol. The van der Waals surface area contributed by atoms with Crippen molar-refractivity contribution in [3.63, 3.8) is 0 Å². The van der Waals surface area contributed by atoms with Crippen LogP contribution >= 0.6 is 11.3 Å². The molecule has 0 aliphatic heterocycles. The number of hydrogen-bond donors (Lipinski definition) is 4. The number of carbonyl (C=O) groups excluding carboxylic acids is 1. The summed E-state index contributed by atoms with van der Waals surface area (Å²) in [4.78, 5) is 29.4. The number of nitrogens with one attached hydrogen (secondary N) is 1. The molecule has 1 amide bonds. The van der Waals surface area contributed by atoms with Crippen LogP contribution in [-0.2, 0) is 11.3 Å². The van der Waals surface area contributed by atoms with Gasteiger partial charge >= 0.3 is 5.97 Å². The van der Waals surface area contributed by atoms with E-state index in [0.29, 0.717) is 27.5 Å². The van der Waals surface area contributed by atoms with Gasteiger partial charge in [-0.05, 0) is 61.1 Å². The number of aryl methyl sites for hydroxylation is 1. The van der Waals surface area contributed by atoms with Crippen molar-refractivity contribution >= 4 is 28.3 Å². The number of benzene rings is 2. The van der Waals surface area contributed by atoms with Crippen LogP contribution in [0.4, 0.5) is 9.52 Å². The summed E-state index contributed by atoms with van der Waals surface area (Å²) in [5.41, 5.74) is 4.83. The van der Waals surface area contributed by atoms with Crippen molar-refractivity contribution in [1.29, 1.82) is 0 Å². The summed E-state index contributed by atoms with van der Waals surface area (Å²) < 4.78 is 16.0. The largest absolute Gasteiger partial charge is 0.481 e. The van der Waals surface area contributed by atoms with Crippen LogP contribution in [0, 0.1) is 12.7 Å². The minimum absolute atomic E-state index is 0.0985. The number of anilines is 1. The van der Waals surface area contributed by atoms with Gasteiger partial charge in [-0.3, -0.25) is 14.9 Å². The quantitative estimate of drug-likeness (QED) is 0.161. The topological polar surface area (TPSA) is 125 Å². The average Bonchev–Trinajstić information content (AvgIpc) is 3.48. The maximum Gasteiger partial charge on any atom is 0.305 e. The Morgan fingerprint density at radius 1 is 1.02 bits per heavy atom. The molecule has 0 saturated carbocycles. The molecule has 10 heteroatoms. The Hall–Kier alpha value is -3.86. The fourth-order valence-corrected chi connectivity index (χ4v) is 5.74. The van der Waals surface area contributed by atoms with Gasteiger partial charge in [0.25, 0.3) is 5.91 Å². The van der Waals surface area contributed by atoms with Crippen LogP contribution in [0.15, 0.2) is 60.0 Å². The van der Waals surface area contributed by atoms with E-state index >= 15 is 0 Å². The summed E-state index contributed by atoms with van der Waals surface area (Å²) in [7, 11) is 0. The first-order valence-corrected chi connectivity index (χ1v) is 14.3. The first-order chi connectivity index (χ1) is 19.5. The van der Waals surface area contributed by atoms with Crippen LogP contribution in [0.25, 0.3) is 22.4 Å². The van der Waals surface area contributed by atoms with Crippen molar-refractivity contribution in [3.8, 4) is 22.4 Å². The van der Waals surface area contributed by atoms with Crippen LogP contribution in [0.5, 0.6) is 0 Å². The number of aliphatic carboxylic acids is 1. The van der Waals surface area contributed by atoms with Gasteiger partial charge in [0.15, 0.2) is 5.13 Å². The molecule has 2 atom stereocenters. The summed E-state index contributed by atoms with van der Waals surface area (Å²) in [6.45, 7) is 6.08. The van der Waals surface area contributed by atoms with Crippen molar-refractivity contribution < 1.29 is 29.3 Å². The molecular formula is C31H34FN3O5S. The molecule has 0 unspecified atom stereocenters. The molecule has 2 heterocycles. The summed E-state index contributed by atoms with van der Waals surface area (Å²) in [6.07, 6.45) is -2.53. The minimum Gasteiger partial charge on any atom is -0.481 e. The van der Waals surface area contributed by atoms with Gasteiger partial charge in [0.2, 0.25) is 0 Å². The van der Waals surface area contributed by atoms with Gasteiger partial charge < -0.3 is 19.9 Å². The molecule has 216 valence electrons. The third kappa shape index (κ3) is 7.27. The van der Waals surface area contributed by atoms with Crippen molar-refractivity contribution in [2.45, 2.75) is 64.7 Å². The number of hydrogen-bond acceptors (Lipinski definition) is 6. The number of nitrogens with zero attached hydrogens (tertiary/aromatic N) is 2. The lowest BCUT2D eigenvalue weighted by Crippen LogP contribution is -2.22.